The zero-order valence-corrected chi connectivity index (χ0v) is 13.4. The van der Waals surface area contributed by atoms with Crippen LogP contribution in [0.3, 0.4) is 0 Å². The first-order valence-electron chi connectivity index (χ1n) is 6.16. The summed E-state index contributed by atoms with van der Waals surface area (Å²) in [4.78, 5) is 0. The molecule has 0 radical (unpaired) electrons. The second kappa shape index (κ2) is 5.46. The Morgan fingerprint density at radius 2 is 2.00 bits per heavy atom. The van der Waals surface area contributed by atoms with Crippen LogP contribution in [0.1, 0.15) is 5.56 Å². The van der Waals surface area contributed by atoms with Crippen molar-refractivity contribution in [1.82, 2.24) is 20.2 Å². The zero-order valence-electron chi connectivity index (χ0n) is 11.1. The van der Waals surface area contributed by atoms with Gasteiger partial charge in [-0.2, -0.15) is 4.68 Å². The molecule has 0 fully saturated rings. The van der Waals surface area contributed by atoms with Crippen LogP contribution in [-0.2, 0) is 0 Å². The van der Waals surface area contributed by atoms with E-state index in [1.165, 1.54) is 0 Å². The van der Waals surface area contributed by atoms with Crippen molar-refractivity contribution < 1.29 is 0 Å². The predicted molar refractivity (Wildman–Crippen MR) is 86.4 cm³/mol. The third-order valence-corrected chi connectivity index (χ3v) is 3.83. The minimum Gasteiger partial charge on any atom is -0.399 e. The molecule has 0 bridgehead atoms. The Balaban J connectivity index is 2.17. The summed E-state index contributed by atoms with van der Waals surface area (Å²) in [5.74, 6) is 0.578. The van der Waals surface area contributed by atoms with Gasteiger partial charge in [-0.25, -0.2) is 0 Å². The number of aromatic nitrogens is 4. The van der Waals surface area contributed by atoms with E-state index >= 15 is 0 Å². The lowest BCUT2D eigenvalue weighted by atomic mass is 10.2. The summed E-state index contributed by atoms with van der Waals surface area (Å²) in [6.45, 7) is 2.02. The Bertz CT molecular complexity index is 795. The quantitative estimate of drug-likeness (QED) is 0.705. The lowest BCUT2D eigenvalue weighted by Crippen LogP contribution is -2.01. The molecule has 2 aromatic carbocycles. The number of halogens is 2. The SMILES string of the molecule is Cc1ccc(-n2nnnc2-c2cc(N)cc(Cl)c2)c(Br)c1. The van der Waals surface area contributed by atoms with Crippen molar-refractivity contribution in [3.63, 3.8) is 0 Å². The van der Waals surface area contributed by atoms with Gasteiger partial charge in [0.1, 0.15) is 0 Å². The van der Waals surface area contributed by atoms with Gasteiger partial charge in [0.25, 0.3) is 0 Å². The highest BCUT2D eigenvalue weighted by Crippen LogP contribution is 2.28. The first-order valence-corrected chi connectivity index (χ1v) is 7.33. The first-order chi connectivity index (χ1) is 10.0. The molecule has 5 nitrogen and oxygen atoms in total. The minimum absolute atomic E-state index is 0.544. The Morgan fingerprint density at radius 3 is 2.71 bits per heavy atom. The van der Waals surface area contributed by atoms with Gasteiger partial charge in [0, 0.05) is 20.7 Å². The Hall–Kier alpha value is -1.92. The average Bonchev–Trinajstić information content (AvgIpc) is 2.86. The topological polar surface area (TPSA) is 69.6 Å². The van der Waals surface area contributed by atoms with Crippen molar-refractivity contribution >= 4 is 33.2 Å². The molecule has 106 valence electrons. The van der Waals surface area contributed by atoms with Crippen molar-refractivity contribution in [2.45, 2.75) is 6.92 Å². The number of nitrogens with two attached hydrogens (primary N) is 1. The Labute approximate surface area is 134 Å². The standard InChI is InChI=1S/C14H11BrClN5/c1-8-2-3-13(12(15)4-8)21-14(18-19-20-21)9-5-10(16)7-11(17)6-9/h2-7H,17H2,1H3. The van der Waals surface area contributed by atoms with Crippen LogP contribution in [-0.4, -0.2) is 20.2 Å². The third-order valence-electron chi connectivity index (χ3n) is 2.98. The van der Waals surface area contributed by atoms with Gasteiger partial charge < -0.3 is 5.73 Å². The highest BCUT2D eigenvalue weighted by molar-refractivity contribution is 9.10. The molecule has 3 rings (SSSR count). The molecule has 1 aromatic heterocycles. The van der Waals surface area contributed by atoms with E-state index in [4.69, 9.17) is 17.3 Å². The van der Waals surface area contributed by atoms with Gasteiger partial charge in [-0.3, -0.25) is 0 Å². The van der Waals surface area contributed by atoms with E-state index in [1.54, 1.807) is 22.9 Å². The van der Waals surface area contributed by atoms with E-state index in [0.717, 1.165) is 21.3 Å². The van der Waals surface area contributed by atoms with E-state index in [0.29, 0.717) is 16.5 Å². The molecule has 0 spiro atoms. The maximum absolute atomic E-state index is 6.05. The first kappa shape index (κ1) is 14.0. The summed E-state index contributed by atoms with van der Waals surface area (Å²) in [7, 11) is 0. The summed E-state index contributed by atoms with van der Waals surface area (Å²) in [6.07, 6.45) is 0. The average molecular weight is 365 g/mol. The molecule has 3 aromatic rings. The van der Waals surface area contributed by atoms with Gasteiger partial charge in [-0.1, -0.05) is 17.7 Å². The summed E-state index contributed by atoms with van der Waals surface area (Å²) in [5.41, 5.74) is 9.15. The Morgan fingerprint density at radius 1 is 1.19 bits per heavy atom. The number of anilines is 1. The lowest BCUT2D eigenvalue weighted by molar-refractivity contribution is 0.788. The van der Waals surface area contributed by atoms with Gasteiger partial charge in [0.05, 0.1) is 5.69 Å². The van der Waals surface area contributed by atoms with Crippen LogP contribution < -0.4 is 5.73 Å². The number of hydrogen-bond donors (Lipinski definition) is 1. The van der Waals surface area contributed by atoms with Crippen LogP contribution in [0.25, 0.3) is 17.1 Å². The number of aryl methyl sites for hydroxylation is 1. The molecule has 0 aliphatic carbocycles. The van der Waals surface area contributed by atoms with Gasteiger partial charge >= 0.3 is 0 Å². The van der Waals surface area contributed by atoms with E-state index in [2.05, 4.69) is 31.5 Å². The molecular formula is C14H11BrClN5. The Kier molecular flexibility index (Phi) is 3.65. The molecule has 21 heavy (non-hydrogen) atoms. The molecule has 0 saturated heterocycles. The number of nitrogens with zero attached hydrogens (tertiary/aromatic N) is 4. The summed E-state index contributed by atoms with van der Waals surface area (Å²) >= 11 is 9.59. The van der Waals surface area contributed by atoms with Gasteiger partial charge in [-0.15, -0.1) is 5.10 Å². The monoisotopic (exact) mass is 363 g/mol. The number of nitrogen functional groups attached to an aromatic ring is 1. The normalized spacial score (nSPS) is 10.8. The van der Waals surface area contributed by atoms with Crippen LogP contribution in [0, 0.1) is 6.92 Å². The molecule has 0 unspecified atom stereocenters. The molecule has 1 heterocycles. The third kappa shape index (κ3) is 2.77. The van der Waals surface area contributed by atoms with Crippen LogP contribution in [0.5, 0.6) is 0 Å². The number of rotatable bonds is 2. The fraction of sp³-hybridized carbons (Fsp3) is 0.0714. The van der Waals surface area contributed by atoms with E-state index < -0.39 is 0 Å². The maximum atomic E-state index is 6.05. The summed E-state index contributed by atoms with van der Waals surface area (Å²) < 4.78 is 2.56. The van der Waals surface area contributed by atoms with Crippen LogP contribution in [0.2, 0.25) is 5.02 Å². The van der Waals surface area contributed by atoms with Crippen molar-refractivity contribution in [2.24, 2.45) is 0 Å². The number of tetrazole rings is 1. The second-order valence-corrected chi connectivity index (χ2v) is 5.93. The van der Waals surface area contributed by atoms with E-state index in [9.17, 15) is 0 Å². The van der Waals surface area contributed by atoms with E-state index in [-0.39, 0.29) is 0 Å². The van der Waals surface area contributed by atoms with Crippen molar-refractivity contribution in [2.75, 3.05) is 5.73 Å². The molecule has 0 amide bonds. The molecule has 0 aliphatic heterocycles. The van der Waals surface area contributed by atoms with Crippen LogP contribution in [0.15, 0.2) is 40.9 Å². The van der Waals surface area contributed by atoms with Gasteiger partial charge in [0.15, 0.2) is 5.82 Å². The molecule has 0 aliphatic rings. The second-order valence-electron chi connectivity index (χ2n) is 4.64. The fourth-order valence-electron chi connectivity index (χ4n) is 2.05. The molecule has 0 atom stereocenters. The van der Waals surface area contributed by atoms with Crippen molar-refractivity contribution in [1.29, 1.82) is 0 Å². The number of benzene rings is 2. The smallest absolute Gasteiger partial charge is 0.187 e. The minimum atomic E-state index is 0.544. The molecule has 7 heteroatoms. The number of hydrogen-bond acceptors (Lipinski definition) is 4. The van der Waals surface area contributed by atoms with Crippen molar-refractivity contribution in [3.8, 4) is 17.1 Å². The maximum Gasteiger partial charge on any atom is 0.187 e. The highest BCUT2D eigenvalue weighted by Gasteiger charge is 2.14. The fourth-order valence-corrected chi connectivity index (χ4v) is 2.96. The van der Waals surface area contributed by atoms with Gasteiger partial charge in [0.2, 0.25) is 0 Å². The lowest BCUT2D eigenvalue weighted by Gasteiger charge is -2.08. The summed E-state index contributed by atoms with van der Waals surface area (Å²) in [5, 5.41) is 12.4. The predicted octanol–water partition coefficient (Wildman–Crippen LogP) is 3.64. The largest absolute Gasteiger partial charge is 0.399 e. The van der Waals surface area contributed by atoms with Crippen LogP contribution >= 0.6 is 27.5 Å². The van der Waals surface area contributed by atoms with Crippen LogP contribution in [0.4, 0.5) is 5.69 Å². The molecule has 2 N–H and O–H groups in total. The highest BCUT2D eigenvalue weighted by atomic mass is 79.9. The summed E-state index contributed by atoms with van der Waals surface area (Å²) in [6, 6.07) is 11.2. The van der Waals surface area contributed by atoms with Crippen molar-refractivity contribution in [3.05, 3.63) is 51.5 Å². The van der Waals surface area contributed by atoms with E-state index in [1.807, 2.05) is 25.1 Å². The zero-order chi connectivity index (χ0) is 15.0. The molecule has 0 saturated carbocycles. The molecular weight excluding hydrogens is 354 g/mol. The van der Waals surface area contributed by atoms with Gasteiger partial charge in [-0.05, 0) is 69.2 Å².